The van der Waals surface area contributed by atoms with E-state index in [0.717, 1.165) is 22.2 Å². The summed E-state index contributed by atoms with van der Waals surface area (Å²) in [5.41, 5.74) is 4.00. The first-order valence-electron chi connectivity index (χ1n) is 10.4. The maximum Gasteiger partial charge on any atom is 0.269 e. The molecular weight excluding hydrogens is 414 g/mol. The van der Waals surface area contributed by atoms with Gasteiger partial charge in [0.05, 0.1) is 16.6 Å². The molecule has 0 saturated carbocycles. The van der Waals surface area contributed by atoms with Crippen LogP contribution in [0.4, 0.5) is 0 Å². The molecule has 5 aromatic rings. The number of nitrogens with one attached hydrogen (secondary N) is 1. The highest BCUT2D eigenvalue weighted by Gasteiger charge is 2.17. The number of imidazole rings is 1. The summed E-state index contributed by atoms with van der Waals surface area (Å²) in [6, 6.07) is 20.6. The molecule has 3 heterocycles. The number of H-pyrrole nitrogens is 1. The Balaban J connectivity index is 1.72. The van der Waals surface area contributed by atoms with Gasteiger partial charge in [-0.25, -0.2) is 4.98 Å². The average Bonchev–Trinajstić information content (AvgIpc) is 3.26. The fourth-order valence-corrected chi connectivity index (χ4v) is 3.60. The Morgan fingerprint density at radius 3 is 2.70 bits per heavy atom. The number of ether oxygens (including phenoxy) is 1. The zero-order valence-corrected chi connectivity index (χ0v) is 18.0. The SMILES string of the molecule is Cc1cccc(Oc2nc3ccccn3c(=O)c2C=C(C#N)c2nc3ccccc3[nH]2)c1C. The summed E-state index contributed by atoms with van der Waals surface area (Å²) >= 11 is 0. The van der Waals surface area contributed by atoms with Crippen molar-refractivity contribution in [1.82, 2.24) is 19.4 Å². The molecule has 0 amide bonds. The largest absolute Gasteiger partial charge is 0.438 e. The molecule has 7 nitrogen and oxygen atoms in total. The Morgan fingerprint density at radius 1 is 1.06 bits per heavy atom. The number of aromatic nitrogens is 4. The second-order valence-corrected chi connectivity index (χ2v) is 7.64. The van der Waals surface area contributed by atoms with Crippen LogP contribution in [-0.2, 0) is 0 Å². The van der Waals surface area contributed by atoms with Gasteiger partial charge in [0.25, 0.3) is 5.56 Å². The first-order chi connectivity index (χ1) is 16.0. The molecule has 0 atom stereocenters. The molecule has 0 spiro atoms. The summed E-state index contributed by atoms with van der Waals surface area (Å²) in [7, 11) is 0. The van der Waals surface area contributed by atoms with Crippen LogP contribution in [0.25, 0.3) is 28.3 Å². The summed E-state index contributed by atoms with van der Waals surface area (Å²) in [5.74, 6) is 1.09. The van der Waals surface area contributed by atoms with E-state index in [2.05, 4.69) is 21.0 Å². The van der Waals surface area contributed by atoms with Crippen molar-refractivity contribution in [1.29, 1.82) is 5.26 Å². The van der Waals surface area contributed by atoms with Gasteiger partial charge in [-0.2, -0.15) is 10.2 Å². The summed E-state index contributed by atoms with van der Waals surface area (Å²) in [5, 5.41) is 9.88. The highest BCUT2D eigenvalue weighted by molar-refractivity contribution is 5.91. The van der Waals surface area contributed by atoms with Crippen LogP contribution in [0.1, 0.15) is 22.5 Å². The van der Waals surface area contributed by atoms with Crippen LogP contribution in [0.2, 0.25) is 0 Å². The minimum atomic E-state index is -0.343. The predicted octanol–water partition coefficient (Wildman–Crippen LogP) is 5.04. The zero-order chi connectivity index (χ0) is 22.9. The molecule has 5 rings (SSSR count). The minimum Gasteiger partial charge on any atom is -0.438 e. The maximum absolute atomic E-state index is 13.4. The topological polar surface area (TPSA) is 96.1 Å². The number of hydrogen-bond acceptors (Lipinski definition) is 5. The fourth-order valence-electron chi connectivity index (χ4n) is 3.60. The third-order valence-corrected chi connectivity index (χ3v) is 5.55. The summed E-state index contributed by atoms with van der Waals surface area (Å²) in [4.78, 5) is 25.6. The van der Waals surface area contributed by atoms with Gasteiger partial charge in [0.15, 0.2) is 0 Å². The van der Waals surface area contributed by atoms with Crippen LogP contribution in [0.3, 0.4) is 0 Å². The van der Waals surface area contributed by atoms with Crippen molar-refractivity contribution in [2.24, 2.45) is 0 Å². The van der Waals surface area contributed by atoms with E-state index < -0.39 is 0 Å². The van der Waals surface area contributed by atoms with Gasteiger partial charge in [0.1, 0.15) is 28.9 Å². The Labute approximate surface area is 189 Å². The number of pyridine rings is 1. The molecule has 0 unspecified atom stereocenters. The van der Waals surface area contributed by atoms with Gasteiger partial charge in [-0.3, -0.25) is 9.20 Å². The van der Waals surface area contributed by atoms with Crippen molar-refractivity contribution in [3.63, 3.8) is 0 Å². The smallest absolute Gasteiger partial charge is 0.269 e. The third kappa shape index (κ3) is 3.64. The molecule has 1 N–H and O–H groups in total. The molecule has 0 radical (unpaired) electrons. The minimum absolute atomic E-state index is 0.128. The highest BCUT2D eigenvalue weighted by Crippen LogP contribution is 2.29. The fraction of sp³-hybridized carbons (Fsp3) is 0.0769. The van der Waals surface area contributed by atoms with Crippen LogP contribution < -0.4 is 10.3 Å². The van der Waals surface area contributed by atoms with Crippen molar-refractivity contribution in [3.8, 4) is 17.7 Å². The zero-order valence-electron chi connectivity index (χ0n) is 18.0. The molecule has 2 aromatic carbocycles. The first-order valence-corrected chi connectivity index (χ1v) is 10.4. The molecule has 0 aliphatic carbocycles. The second-order valence-electron chi connectivity index (χ2n) is 7.64. The van der Waals surface area contributed by atoms with E-state index in [9.17, 15) is 10.1 Å². The number of para-hydroxylation sites is 2. The van der Waals surface area contributed by atoms with Crippen molar-refractivity contribution in [2.45, 2.75) is 13.8 Å². The number of hydrogen-bond donors (Lipinski definition) is 1. The van der Waals surface area contributed by atoms with Gasteiger partial charge in [0.2, 0.25) is 5.88 Å². The maximum atomic E-state index is 13.4. The highest BCUT2D eigenvalue weighted by atomic mass is 16.5. The number of fused-ring (bicyclic) bond motifs is 2. The van der Waals surface area contributed by atoms with Gasteiger partial charge in [-0.05, 0) is 61.4 Å². The number of nitrogens with zero attached hydrogens (tertiary/aromatic N) is 4. The number of nitriles is 1. The van der Waals surface area contributed by atoms with Crippen LogP contribution >= 0.6 is 0 Å². The molecule has 33 heavy (non-hydrogen) atoms. The quantitative estimate of drug-likeness (QED) is 0.400. The number of rotatable bonds is 4. The predicted molar refractivity (Wildman–Crippen MR) is 127 cm³/mol. The molecule has 160 valence electrons. The Hall–Kier alpha value is -4.70. The standard InChI is InChI=1S/C26H19N5O2/c1-16-8-7-11-22(17(16)2)33-25-19(26(32)31-13-6-5-12-23(31)30-25)14-18(15-27)24-28-20-9-3-4-10-21(20)29-24/h3-14H,1-2H3,(H,28,29). The Bertz CT molecular complexity index is 1620. The van der Waals surface area contributed by atoms with E-state index in [4.69, 9.17) is 4.74 Å². The van der Waals surface area contributed by atoms with E-state index in [0.29, 0.717) is 17.2 Å². The number of aryl methyl sites for hydroxylation is 1. The van der Waals surface area contributed by atoms with Crippen LogP contribution in [-0.4, -0.2) is 19.4 Å². The number of aromatic amines is 1. The molecule has 0 bridgehead atoms. The summed E-state index contributed by atoms with van der Waals surface area (Å²) in [6.07, 6.45) is 3.11. The van der Waals surface area contributed by atoms with Gasteiger partial charge >= 0.3 is 0 Å². The monoisotopic (exact) mass is 433 g/mol. The normalized spacial score (nSPS) is 11.6. The van der Waals surface area contributed by atoms with Gasteiger partial charge in [-0.1, -0.05) is 30.3 Å². The lowest BCUT2D eigenvalue weighted by molar-refractivity contribution is 0.457. The average molecular weight is 433 g/mol. The third-order valence-electron chi connectivity index (χ3n) is 5.55. The first kappa shape index (κ1) is 20.2. The lowest BCUT2D eigenvalue weighted by Gasteiger charge is -2.13. The lowest BCUT2D eigenvalue weighted by atomic mass is 10.1. The second kappa shape index (κ2) is 8.09. The molecule has 7 heteroatoms. The van der Waals surface area contributed by atoms with Crippen LogP contribution in [0.15, 0.2) is 71.7 Å². The Morgan fingerprint density at radius 2 is 1.88 bits per heavy atom. The van der Waals surface area contributed by atoms with Gasteiger partial charge < -0.3 is 9.72 Å². The molecule has 0 aliphatic rings. The van der Waals surface area contributed by atoms with E-state index in [1.165, 1.54) is 10.5 Å². The Kier molecular flexibility index (Phi) is 4.96. The van der Waals surface area contributed by atoms with Crippen molar-refractivity contribution >= 4 is 28.3 Å². The summed E-state index contributed by atoms with van der Waals surface area (Å²) in [6.45, 7) is 3.93. The van der Waals surface area contributed by atoms with Crippen molar-refractivity contribution in [3.05, 3.63) is 99.7 Å². The van der Waals surface area contributed by atoms with Crippen LogP contribution in [0, 0.1) is 25.2 Å². The van der Waals surface area contributed by atoms with Crippen molar-refractivity contribution in [2.75, 3.05) is 0 Å². The molecule has 0 fully saturated rings. The number of benzene rings is 2. The molecule has 0 saturated heterocycles. The van der Waals surface area contributed by atoms with E-state index >= 15 is 0 Å². The van der Waals surface area contributed by atoms with E-state index in [1.54, 1.807) is 24.4 Å². The van der Waals surface area contributed by atoms with Gasteiger partial charge in [-0.15, -0.1) is 0 Å². The van der Waals surface area contributed by atoms with Gasteiger partial charge in [0, 0.05) is 6.20 Å². The number of allylic oxidation sites excluding steroid dienone is 1. The van der Waals surface area contributed by atoms with E-state index in [1.807, 2.05) is 56.3 Å². The molecule has 0 aliphatic heterocycles. The lowest BCUT2D eigenvalue weighted by Crippen LogP contribution is -2.18. The van der Waals surface area contributed by atoms with Crippen LogP contribution in [0.5, 0.6) is 11.6 Å². The van der Waals surface area contributed by atoms with Crippen molar-refractivity contribution < 1.29 is 4.74 Å². The summed E-state index contributed by atoms with van der Waals surface area (Å²) < 4.78 is 7.57. The molecular formula is C26H19N5O2. The molecule has 3 aromatic heterocycles. The van der Waals surface area contributed by atoms with E-state index in [-0.39, 0.29) is 22.6 Å².